The van der Waals surface area contributed by atoms with Gasteiger partial charge in [-0.2, -0.15) is 11.8 Å². The monoisotopic (exact) mass is 309 g/mol. The van der Waals surface area contributed by atoms with Gasteiger partial charge in [0, 0.05) is 30.1 Å². The van der Waals surface area contributed by atoms with E-state index in [-0.39, 0.29) is 5.84 Å². The van der Waals surface area contributed by atoms with Crippen molar-refractivity contribution in [2.45, 2.75) is 30.9 Å². The van der Waals surface area contributed by atoms with Crippen LogP contribution in [0, 0.1) is 0 Å². The third-order valence-electron chi connectivity index (χ3n) is 3.55. The van der Waals surface area contributed by atoms with Gasteiger partial charge in [0.25, 0.3) is 0 Å². The lowest BCUT2D eigenvalue weighted by Gasteiger charge is -2.34. The molecule has 0 amide bonds. The summed E-state index contributed by atoms with van der Waals surface area (Å²) in [6.45, 7) is 7.57. The summed E-state index contributed by atoms with van der Waals surface area (Å²) in [6, 6.07) is 5.84. The highest BCUT2D eigenvalue weighted by molar-refractivity contribution is 8.00. The number of rotatable bonds is 4. The number of ether oxygens (including phenoxy) is 1. The SMILES string of the molecule is COc1ccc(CN2CC(C)SC(C)C2)cc1C(N)=NO. The first-order valence-corrected chi connectivity index (χ1v) is 8.00. The molecule has 3 N–H and O–H groups in total. The Morgan fingerprint density at radius 1 is 1.43 bits per heavy atom. The maximum absolute atomic E-state index is 8.88. The van der Waals surface area contributed by atoms with Crippen molar-refractivity contribution in [2.24, 2.45) is 10.9 Å². The first-order valence-electron chi connectivity index (χ1n) is 7.06. The molecule has 5 nitrogen and oxygen atoms in total. The quantitative estimate of drug-likeness (QED) is 0.386. The summed E-state index contributed by atoms with van der Waals surface area (Å²) in [6.07, 6.45) is 0. The van der Waals surface area contributed by atoms with Crippen molar-refractivity contribution >= 4 is 17.6 Å². The Kier molecular flexibility index (Phi) is 5.36. The number of nitrogens with zero attached hydrogens (tertiary/aromatic N) is 2. The lowest BCUT2D eigenvalue weighted by Crippen LogP contribution is -2.39. The Morgan fingerprint density at radius 2 is 2.10 bits per heavy atom. The van der Waals surface area contributed by atoms with E-state index in [1.165, 1.54) is 0 Å². The molecule has 0 spiro atoms. The standard InChI is InChI=1S/C15H23N3O2S/c1-10-7-18(8-11(2)21-10)9-12-4-5-14(20-3)13(6-12)15(16)17-19/h4-6,10-11,19H,7-9H2,1-3H3,(H2,16,17). The second-order valence-corrected chi connectivity index (χ2v) is 7.35. The fraction of sp³-hybridized carbons (Fsp3) is 0.533. The highest BCUT2D eigenvalue weighted by Gasteiger charge is 2.22. The first-order chi connectivity index (χ1) is 10.0. The number of nitrogens with two attached hydrogens (primary N) is 1. The molecule has 0 bridgehead atoms. The van der Waals surface area contributed by atoms with Gasteiger partial charge >= 0.3 is 0 Å². The van der Waals surface area contributed by atoms with Crippen molar-refractivity contribution in [2.75, 3.05) is 20.2 Å². The lowest BCUT2D eigenvalue weighted by molar-refractivity contribution is 0.263. The molecule has 1 aliphatic heterocycles. The summed E-state index contributed by atoms with van der Waals surface area (Å²) >= 11 is 2.04. The van der Waals surface area contributed by atoms with Crippen LogP contribution < -0.4 is 10.5 Å². The van der Waals surface area contributed by atoms with Gasteiger partial charge in [0.05, 0.1) is 12.7 Å². The highest BCUT2D eigenvalue weighted by atomic mass is 32.2. The molecule has 1 fully saturated rings. The zero-order valence-electron chi connectivity index (χ0n) is 12.7. The fourth-order valence-corrected chi connectivity index (χ4v) is 4.17. The summed E-state index contributed by atoms with van der Waals surface area (Å²) in [5, 5.41) is 13.3. The van der Waals surface area contributed by atoms with Gasteiger partial charge in [-0.15, -0.1) is 0 Å². The minimum absolute atomic E-state index is 0.0737. The number of hydrogen-bond donors (Lipinski definition) is 2. The van der Waals surface area contributed by atoms with E-state index in [9.17, 15) is 0 Å². The van der Waals surface area contributed by atoms with Crippen LogP contribution >= 0.6 is 11.8 Å². The first kappa shape index (κ1) is 16.0. The van der Waals surface area contributed by atoms with E-state index in [1.807, 2.05) is 30.0 Å². The molecule has 0 aromatic heterocycles. The smallest absolute Gasteiger partial charge is 0.173 e. The van der Waals surface area contributed by atoms with Gasteiger partial charge in [0.2, 0.25) is 0 Å². The Hall–Kier alpha value is -1.40. The minimum atomic E-state index is 0.0737. The number of benzene rings is 1. The number of amidine groups is 1. The number of hydrogen-bond acceptors (Lipinski definition) is 5. The van der Waals surface area contributed by atoms with Gasteiger partial charge in [-0.1, -0.05) is 25.1 Å². The summed E-state index contributed by atoms with van der Waals surface area (Å²) in [5.74, 6) is 0.689. The number of thioether (sulfide) groups is 1. The summed E-state index contributed by atoms with van der Waals surface area (Å²) in [4.78, 5) is 2.45. The normalized spacial score (nSPS) is 24.0. The number of oxime groups is 1. The molecule has 2 unspecified atom stereocenters. The molecular weight excluding hydrogens is 286 g/mol. The van der Waals surface area contributed by atoms with Crippen LogP contribution in [0.2, 0.25) is 0 Å². The largest absolute Gasteiger partial charge is 0.496 e. The Bertz CT molecular complexity index is 512. The third-order valence-corrected chi connectivity index (χ3v) is 4.78. The van der Waals surface area contributed by atoms with Crippen LogP contribution in [-0.4, -0.2) is 46.6 Å². The van der Waals surface area contributed by atoms with Crippen LogP contribution in [-0.2, 0) is 6.54 Å². The molecule has 1 aliphatic rings. The zero-order chi connectivity index (χ0) is 15.4. The molecule has 1 aromatic rings. The van der Waals surface area contributed by atoms with E-state index in [0.29, 0.717) is 21.8 Å². The van der Waals surface area contributed by atoms with Gasteiger partial charge in [-0.25, -0.2) is 0 Å². The summed E-state index contributed by atoms with van der Waals surface area (Å²) < 4.78 is 5.26. The van der Waals surface area contributed by atoms with E-state index in [1.54, 1.807) is 7.11 Å². The highest BCUT2D eigenvalue weighted by Crippen LogP contribution is 2.27. The van der Waals surface area contributed by atoms with Gasteiger partial charge in [-0.05, 0) is 17.7 Å². The maximum Gasteiger partial charge on any atom is 0.173 e. The van der Waals surface area contributed by atoms with Crippen molar-refractivity contribution in [1.29, 1.82) is 0 Å². The van der Waals surface area contributed by atoms with E-state index in [2.05, 4.69) is 23.9 Å². The van der Waals surface area contributed by atoms with Gasteiger partial charge in [0.1, 0.15) is 5.75 Å². The Balaban J connectivity index is 2.17. The molecule has 6 heteroatoms. The average molecular weight is 309 g/mol. The zero-order valence-corrected chi connectivity index (χ0v) is 13.6. The summed E-state index contributed by atoms with van der Waals surface area (Å²) in [7, 11) is 1.58. The molecule has 21 heavy (non-hydrogen) atoms. The maximum atomic E-state index is 8.88. The average Bonchev–Trinajstić information content (AvgIpc) is 2.45. The van der Waals surface area contributed by atoms with Gasteiger partial charge < -0.3 is 15.7 Å². The molecule has 0 saturated carbocycles. The lowest BCUT2D eigenvalue weighted by atomic mass is 10.1. The molecule has 2 atom stereocenters. The van der Waals surface area contributed by atoms with Crippen LogP contribution in [0.15, 0.2) is 23.4 Å². The molecule has 1 heterocycles. The molecule has 1 aromatic carbocycles. The van der Waals surface area contributed by atoms with E-state index < -0.39 is 0 Å². The van der Waals surface area contributed by atoms with Crippen LogP contribution in [0.25, 0.3) is 0 Å². The van der Waals surface area contributed by atoms with Crippen LogP contribution in [0.4, 0.5) is 0 Å². The predicted molar refractivity (Wildman–Crippen MR) is 87.3 cm³/mol. The molecular formula is C15H23N3O2S. The van der Waals surface area contributed by atoms with E-state index in [0.717, 1.165) is 25.2 Å². The van der Waals surface area contributed by atoms with E-state index >= 15 is 0 Å². The molecule has 2 rings (SSSR count). The Labute approximate surface area is 130 Å². The molecule has 0 radical (unpaired) electrons. The summed E-state index contributed by atoms with van der Waals surface area (Å²) in [5.41, 5.74) is 7.49. The minimum Gasteiger partial charge on any atom is -0.496 e. The molecule has 0 aliphatic carbocycles. The van der Waals surface area contributed by atoms with Gasteiger partial charge in [-0.3, -0.25) is 4.90 Å². The van der Waals surface area contributed by atoms with Crippen molar-refractivity contribution in [1.82, 2.24) is 4.90 Å². The topological polar surface area (TPSA) is 71.1 Å². The number of methoxy groups -OCH3 is 1. The predicted octanol–water partition coefficient (Wildman–Crippen LogP) is 2.12. The fourth-order valence-electron chi connectivity index (χ4n) is 2.78. The van der Waals surface area contributed by atoms with Crippen molar-refractivity contribution in [3.63, 3.8) is 0 Å². The van der Waals surface area contributed by atoms with Crippen LogP contribution in [0.3, 0.4) is 0 Å². The van der Waals surface area contributed by atoms with Crippen molar-refractivity contribution < 1.29 is 9.94 Å². The Morgan fingerprint density at radius 3 is 2.67 bits per heavy atom. The van der Waals surface area contributed by atoms with Gasteiger partial charge in [0.15, 0.2) is 5.84 Å². The second-order valence-electron chi connectivity index (χ2n) is 5.47. The molecule has 1 saturated heterocycles. The third kappa shape index (κ3) is 4.04. The van der Waals surface area contributed by atoms with E-state index in [4.69, 9.17) is 15.7 Å². The second kappa shape index (κ2) is 7.04. The molecule has 116 valence electrons. The van der Waals surface area contributed by atoms with Crippen LogP contribution in [0.1, 0.15) is 25.0 Å². The van der Waals surface area contributed by atoms with Crippen LogP contribution in [0.5, 0.6) is 5.75 Å². The van der Waals surface area contributed by atoms with Crippen molar-refractivity contribution in [3.8, 4) is 5.75 Å². The van der Waals surface area contributed by atoms with Crippen molar-refractivity contribution in [3.05, 3.63) is 29.3 Å².